The smallest absolute Gasteiger partial charge is 0.261 e. The van der Waals surface area contributed by atoms with Crippen molar-refractivity contribution in [3.63, 3.8) is 0 Å². The van der Waals surface area contributed by atoms with E-state index in [4.69, 9.17) is 4.98 Å². The number of aromatic nitrogens is 2. The molecule has 0 N–H and O–H groups in total. The maximum Gasteiger partial charge on any atom is 0.261 e. The second kappa shape index (κ2) is 11.0. The van der Waals surface area contributed by atoms with Crippen LogP contribution in [0.1, 0.15) is 55.0 Å². The van der Waals surface area contributed by atoms with Crippen molar-refractivity contribution in [1.82, 2.24) is 14.5 Å². The van der Waals surface area contributed by atoms with Crippen LogP contribution in [0.3, 0.4) is 0 Å². The topological polar surface area (TPSA) is 55.2 Å². The summed E-state index contributed by atoms with van der Waals surface area (Å²) in [7, 11) is 0. The van der Waals surface area contributed by atoms with Gasteiger partial charge in [-0.25, -0.2) is 4.98 Å². The highest BCUT2D eigenvalue weighted by molar-refractivity contribution is 9.10. The Morgan fingerprint density at radius 2 is 1.60 bits per heavy atom. The summed E-state index contributed by atoms with van der Waals surface area (Å²) in [5.74, 6) is 0.949. The lowest BCUT2D eigenvalue weighted by atomic mass is 10.1. The van der Waals surface area contributed by atoms with E-state index in [2.05, 4.69) is 29.8 Å². The summed E-state index contributed by atoms with van der Waals surface area (Å²) in [6.45, 7) is 7.22. The Morgan fingerprint density at radius 3 is 2.29 bits per heavy atom. The molecule has 0 spiro atoms. The van der Waals surface area contributed by atoms with E-state index in [0.29, 0.717) is 41.3 Å². The highest BCUT2D eigenvalue weighted by Gasteiger charge is 2.27. The van der Waals surface area contributed by atoms with Gasteiger partial charge in [-0.15, -0.1) is 0 Å². The van der Waals surface area contributed by atoms with E-state index in [9.17, 15) is 9.59 Å². The normalized spacial score (nSPS) is 12.1. The minimum Gasteiger partial charge on any atom is -0.329 e. The van der Waals surface area contributed by atoms with Gasteiger partial charge in [0.05, 0.1) is 23.5 Å². The predicted molar refractivity (Wildman–Crippen MR) is 145 cm³/mol. The van der Waals surface area contributed by atoms with Crippen LogP contribution in [0, 0.1) is 5.92 Å². The lowest BCUT2D eigenvalue weighted by molar-refractivity contribution is 0.0669. The lowest BCUT2D eigenvalue weighted by Gasteiger charge is -2.31. The fraction of sp³-hybridized carbons (Fsp3) is 0.276. The molecular weight excluding hydrogens is 502 g/mol. The molecule has 1 atom stereocenters. The van der Waals surface area contributed by atoms with Gasteiger partial charge in [-0.05, 0) is 61.2 Å². The summed E-state index contributed by atoms with van der Waals surface area (Å²) in [6, 6.07) is 24.3. The van der Waals surface area contributed by atoms with Gasteiger partial charge >= 0.3 is 0 Å². The number of rotatable bonds is 8. The number of hydrogen-bond donors (Lipinski definition) is 0. The van der Waals surface area contributed by atoms with E-state index in [1.807, 2.05) is 90.7 Å². The average molecular weight is 532 g/mol. The van der Waals surface area contributed by atoms with E-state index >= 15 is 0 Å². The third-order valence-electron chi connectivity index (χ3n) is 6.22. The van der Waals surface area contributed by atoms with Gasteiger partial charge in [-0.1, -0.05) is 72.2 Å². The van der Waals surface area contributed by atoms with Crippen molar-refractivity contribution in [3.05, 3.63) is 111 Å². The monoisotopic (exact) mass is 531 g/mol. The van der Waals surface area contributed by atoms with E-state index in [0.717, 1.165) is 16.5 Å². The molecule has 1 amide bonds. The number of carbonyl (C=O) groups is 1. The number of halogens is 1. The standard InChI is InChI=1S/C29H30BrN3O2/c1-20(2)17-18-32(28(34)23-13-15-24(30)16-14-23)21(3)27-31-26-12-8-7-11-25(26)29(35)33(27)19-22-9-5-4-6-10-22/h4-16,20-21H,17-19H2,1-3H3. The van der Waals surface area contributed by atoms with Crippen LogP contribution in [-0.4, -0.2) is 26.9 Å². The summed E-state index contributed by atoms with van der Waals surface area (Å²) in [5, 5.41) is 0.576. The van der Waals surface area contributed by atoms with Crippen LogP contribution in [0.25, 0.3) is 10.9 Å². The molecule has 0 fully saturated rings. The Hall–Kier alpha value is -3.25. The molecule has 0 aliphatic heterocycles. The summed E-state index contributed by atoms with van der Waals surface area (Å²) in [4.78, 5) is 34.1. The van der Waals surface area contributed by atoms with Crippen LogP contribution in [-0.2, 0) is 6.54 Å². The molecule has 180 valence electrons. The molecule has 0 aliphatic carbocycles. The molecule has 0 aliphatic rings. The van der Waals surface area contributed by atoms with Gasteiger partial charge in [0.1, 0.15) is 5.82 Å². The summed E-state index contributed by atoms with van der Waals surface area (Å²) in [5.41, 5.74) is 2.17. The SMILES string of the molecule is CC(C)CCN(C(=O)c1ccc(Br)cc1)C(C)c1nc2ccccc2c(=O)n1Cc1ccccc1. The van der Waals surface area contributed by atoms with Gasteiger partial charge in [-0.3, -0.25) is 14.2 Å². The van der Waals surface area contributed by atoms with Crippen molar-refractivity contribution >= 4 is 32.7 Å². The highest BCUT2D eigenvalue weighted by atomic mass is 79.9. The zero-order valence-electron chi connectivity index (χ0n) is 20.3. The minimum absolute atomic E-state index is 0.0701. The lowest BCUT2D eigenvalue weighted by Crippen LogP contribution is -2.39. The van der Waals surface area contributed by atoms with Crippen LogP contribution < -0.4 is 5.56 Å². The summed E-state index contributed by atoms with van der Waals surface area (Å²) < 4.78 is 2.64. The quantitative estimate of drug-likeness (QED) is 0.262. The van der Waals surface area contributed by atoms with E-state index in [-0.39, 0.29) is 11.5 Å². The van der Waals surface area contributed by atoms with Crippen molar-refractivity contribution < 1.29 is 4.79 Å². The predicted octanol–water partition coefficient (Wildman–Crippen LogP) is 6.46. The van der Waals surface area contributed by atoms with Crippen molar-refractivity contribution in [2.75, 3.05) is 6.54 Å². The zero-order valence-corrected chi connectivity index (χ0v) is 21.9. The minimum atomic E-state index is -0.397. The summed E-state index contributed by atoms with van der Waals surface area (Å²) >= 11 is 3.45. The van der Waals surface area contributed by atoms with Crippen molar-refractivity contribution in [2.24, 2.45) is 5.92 Å². The number of hydrogen-bond acceptors (Lipinski definition) is 3. The van der Waals surface area contributed by atoms with Gasteiger partial charge in [0.2, 0.25) is 0 Å². The van der Waals surface area contributed by atoms with E-state index in [1.54, 1.807) is 4.57 Å². The molecule has 4 aromatic rings. The van der Waals surface area contributed by atoms with Crippen molar-refractivity contribution in [1.29, 1.82) is 0 Å². The number of para-hydroxylation sites is 1. The third-order valence-corrected chi connectivity index (χ3v) is 6.74. The summed E-state index contributed by atoms with van der Waals surface area (Å²) in [6.07, 6.45) is 0.850. The maximum atomic E-state index is 13.7. The Kier molecular flexibility index (Phi) is 7.81. The van der Waals surface area contributed by atoms with Crippen LogP contribution >= 0.6 is 15.9 Å². The first-order valence-electron chi connectivity index (χ1n) is 11.9. The number of carbonyl (C=O) groups excluding carboxylic acids is 1. The van der Waals surface area contributed by atoms with E-state index < -0.39 is 6.04 Å². The fourth-order valence-electron chi connectivity index (χ4n) is 4.19. The van der Waals surface area contributed by atoms with Crippen LogP contribution in [0.2, 0.25) is 0 Å². The molecule has 0 saturated carbocycles. The second-order valence-corrected chi connectivity index (χ2v) is 10.1. The van der Waals surface area contributed by atoms with Gasteiger partial charge in [0, 0.05) is 16.6 Å². The number of nitrogens with zero attached hydrogens (tertiary/aromatic N) is 3. The number of amides is 1. The van der Waals surface area contributed by atoms with Crippen LogP contribution in [0.15, 0.2) is 88.1 Å². The molecule has 5 nitrogen and oxygen atoms in total. The molecule has 1 heterocycles. The molecule has 1 aromatic heterocycles. The van der Waals surface area contributed by atoms with E-state index in [1.165, 1.54) is 0 Å². The van der Waals surface area contributed by atoms with Gasteiger partial charge < -0.3 is 4.90 Å². The molecule has 0 bridgehead atoms. The van der Waals surface area contributed by atoms with Crippen molar-refractivity contribution in [2.45, 2.75) is 39.8 Å². The molecule has 0 radical (unpaired) electrons. The first kappa shape index (κ1) is 24.9. The third kappa shape index (κ3) is 5.70. The first-order valence-corrected chi connectivity index (χ1v) is 12.7. The Labute approximate surface area is 214 Å². The zero-order chi connectivity index (χ0) is 24.9. The van der Waals surface area contributed by atoms with Gasteiger partial charge in [0.15, 0.2) is 0 Å². The average Bonchev–Trinajstić information content (AvgIpc) is 2.86. The first-order chi connectivity index (χ1) is 16.8. The Bertz CT molecular complexity index is 1360. The van der Waals surface area contributed by atoms with Crippen LogP contribution in [0.5, 0.6) is 0 Å². The maximum absolute atomic E-state index is 13.7. The fourth-order valence-corrected chi connectivity index (χ4v) is 4.45. The van der Waals surface area contributed by atoms with Crippen LogP contribution in [0.4, 0.5) is 0 Å². The second-order valence-electron chi connectivity index (χ2n) is 9.23. The molecule has 3 aromatic carbocycles. The molecule has 4 rings (SSSR count). The Morgan fingerprint density at radius 1 is 0.943 bits per heavy atom. The highest BCUT2D eigenvalue weighted by Crippen LogP contribution is 2.25. The Balaban J connectivity index is 1.83. The van der Waals surface area contributed by atoms with Crippen molar-refractivity contribution in [3.8, 4) is 0 Å². The molecule has 6 heteroatoms. The largest absolute Gasteiger partial charge is 0.329 e. The number of benzene rings is 3. The molecule has 0 saturated heterocycles. The molecular formula is C29H30BrN3O2. The molecule has 1 unspecified atom stereocenters. The number of fused-ring (bicyclic) bond motifs is 1. The van der Waals surface area contributed by atoms with Gasteiger partial charge in [-0.2, -0.15) is 0 Å². The van der Waals surface area contributed by atoms with Gasteiger partial charge in [0.25, 0.3) is 11.5 Å². The molecule has 35 heavy (non-hydrogen) atoms.